The fraction of sp³-hybridized carbons (Fsp3) is 0.188. The first-order chi connectivity index (χ1) is 10.6. The van der Waals surface area contributed by atoms with Crippen LogP contribution in [0.4, 0.5) is 18.9 Å². The molecule has 6 heteroatoms. The second-order valence-corrected chi connectivity index (χ2v) is 6.06. The summed E-state index contributed by atoms with van der Waals surface area (Å²) in [5.74, 6) is 0. The zero-order valence-electron chi connectivity index (χ0n) is 11.4. The van der Waals surface area contributed by atoms with Crippen molar-refractivity contribution in [2.24, 2.45) is 0 Å². The van der Waals surface area contributed by atoms with Crippen molar-refractivity contribution >= 4 is 34.1 Å². The van der Waals surface area contributed by atoms with Crippen molar-refractivity contribution in [1.29, 1.82) is 0 Å². The second-order valence-electron chi connectivity index (χ2n) is 5.21. The van der Waals surface area contributed by atoms with Crippen molar-refractivity contribution in [3.05, 3.63) is 52.6 Å². The molecule has 2 heterocycles. The summed E-state index contributed by atoms with van der Waals surface area (Å²) in [6.07, 6.45) is 3.08. The summed E-state index contributed by atoms with van der Waals surface area (Å²) in [5.41, 5.74) is 2.39. The Hall–Kier alpha value is -1.95. The average molecular weight is 320 g/mol. The molecule has 0 saturated carbocycles. The van der Waals surface area contributed by atoms with E-state index in [0.29, 0.717) is 11.2 Å². The maximum absolute atomic E-state index is 13.1. The van der Waals surface area contributed by atoms with Crippen molar-refractivity contribution in [2.75, 3.05) is 4.72 Å². The summed E-state index contributed by atoms with van der Waals surface area (Å²) in [6, 6.07) is 4.30. The summed E-state index contributed by atoms with van der Waals surface area (Å²) in [4.78, 5) is 5.31. The highest BCUT2D eigenvalue weighted by Crippen LogP contribution is 2.47. The lowest BCUT2D eigenvalue weighted by molar-refractivity contribution is -0.136. The van der Waals surface area contributed by atoms with Gasteiger partial charge in [0.1, 0.15) is 0 Å². The van der Waals surface area contributed by atoms with Crippen LogP contribution in [0.25, 0.3) is 16.5 Å². The van der Waals surface area contributed by atoms with Gasteiger partial charge in [0.2, 0.25) is 0 Å². The standard InChI is InChI=1S/C16H11F3N2S/c17-16(18,19)12-7-8-20-14-11(12)6-5-10-9-3-1-2-4-13(9)22-21-15(10)14/h3-8,21H,1-2H2. The van der Waals surface area contributed by atoms with Gasteiger partial charge in [-0.15, -0.1) is 0 Å². The molecule has 0 fully saturated rings. The van der Waals surface area contributed by atoms with Crippen molar-refractivity contribution in [1.82, 2.24) is 4.98 Å². The molecule has 1 aliphatic heterocycles. The van der Waals surface area contributed by atoms with Gasteiger partial charge in [-0.3, -0.25) is 4.98 Å². The van der Waals surface area contributed by atoms with Crippen LogP contribution >= 0.6 is 11.9 Å². The number of halogens is 3. The molecule has 0 radical (unpaired) electrons. The number of benzene rings is 1. The van der Waals surface area contributed by atoms with Crippen LogP contribution in [0.2, 0.25) is 0 Å². The van der Waals surface area contributed by atoms with E-state index >= 15 is 0 Å². The predicted octanol–water partition coefficient (Wildman–Crippen LogP) is 5.39. The van der Waals surface area contributed by atoms with Gasteiger partial charge < -0.3 is 4.72 Å². The molecule has 1 aromatic carbocycles. The second kappa shape index (κ2) is 4.78. The van der Waals surface area contributed by atoms with E-state index < -0.39 is 11.7 Å². The third-order valence-corrected chi connectivity index (χ3v) is 4.79. The first-order valence-corrected chi connectivity index (χ1v) is 7.70. The molecule has 0 amide bonds. The van der Waals surface area contributed by atoms with Gasteiger partial charge in [-0.25, -0.2) is 0 Å². The Balaban J connectivity index is 1.99. The van der Waals surface area contributed by atoms with E-state index in [-0.39, 0.29) is 5.39 Å². The van der Waals surface area contributed by atoms with E-state index in [4.69, 9.17) is 0 Å². The summed E-state index contributed by atoms with van der Waals surface area (Å²) < 4.78 is 42.6. The first-order valence-electron chi connectivity index (χ1n) is 6.88. The van der Waals surface area contributed by atoms with Crippen molar-refractivity contribution in [3.63, 3.8) is 0 Å². The van der Waals surface area contributed by atoms with Crippen LogP contribution < -0.4 is 4.72 Å². The minimum Gasteiger partial charge on any atom is -0.323 e. The summed E-state index contributed by atoms with van der Waals surface area (Å²) in [7, 11) is 0. The molecule has 2 aliphatic rings. The van der Waals surface area contributed by atoms with E-state index in [1.165, 1.54) is 24.2 Å². The zero-order valence-corrected chi connectivity index (χ0v) is 12.2. The molecule has 4 rings (SSSR count). The number of pyridine rings is 1. The fourth-order valence-corrected chi connectivity index (χ4v) is 3.81. The minimum atomic E-state index is -4.38. The first kappa shape index (κ1) is 13.7. The Labute approximate surface area is 129 Å². The Bertz CT molecular complexity index is 837. The fourth-order valence-electron chi connectivity index (χ4n) is 2.89. The quantitative estimate of drug-likeness (QED) is 0.659. The van der Waals surface area contributed by atoms with Crippen LogP contribution in [0.1, 0.15) is 24.0 Å². The largest absolute Gasteiger partial charge is 0.417 e. The van der Waals surface area contributed by atoms with Crippen LogP contribution in [0, 0.1) is 0 Å². The molecule has 0 unspecified atom stereocenters. The van der Waals surface area contributed by atoms with Gasteiger partial charge in [-0.2, -0.15) is 13.2 Å². The van der Waals surface area contributed by atoms with Gasteiger partial charge in [0, 0.05) is 22.1 Å². The smallest absolute Gasteiger partial charge is 0.323 e. The maximum Gasteiger partial charge on any atom is 0.417 e. The normalized spacial score (nSPS) is 17.2. The molecular formula is C16H11F3N2S. The van der Waals surface area contributed by atoms with E-state index in [1.54, 1.807) is 6.07 Å². The van der Waals surface area contributed by atoms with Crippen LogP contribution in [-0.4, -0.2) is 4.98 Å². The molecule has 0 saturated heterocycles. The average Bonchev–Trinajstić information content (AvgIpc) is 2.52. The van der Waals surface area contributed by atoms with Gasteiger partial charge >= 0.3 is 6.18 Å². The van der Waals surface area contributed by atoms with Gasteiger partial charge in [0.15, 0.2) is 0 Å². The molecule has 1 aliphatic carbocycles. The van der Waals surface area contributed by atoms with Crippen LogP contribution in [-0.2, 0) is 6.18 Å². The van der Waals surface area contributed by atoms with Crippen LogP contribution in [0.3, 0.4) is 0 Å². The lowest BCUT2D eigenvalue weighted by Gasteiger charge is -2.26. The van der Waals surface area contributed by atoms with E-state index in [0.717, 1.165) is 34.9 Å². The number of nitrogens with one attached hydrogen (secondary N) is 1. The van der Waals surface area contributed by atoms with Crippen molar-refractivity contribution in [3.8, 4) is 0 Å². The van der Waals surface area contributed by atoms with Gasteiger partial charge in [-0.05, 0) is 36.4 Å². The lowest BCUT2D eigenvalue weighted by Crippen LogP contribution is -2.09. The van der Waals surface area contributed by atoms with E-state index in [2.05, 4.69) is 21.9 Å². The number of rotatable bonds is 0. The molecule has 2 aromatic rings. The molecule has 112 valence electrons. The zero-order chi connectivity index (χ0) is 15.3. The van der Waals surface area contributed by atoms with Crippen molar-refractivity contribution in [2.45, 2.75) is 19.0 Å². The number of anilines is 1. The SMILES string of the molecule is FC(F)(F)c1ccnc2c3c(ccc12)C1=CCCC=C1SN3. The van der Waals surface area contributed by atoms with Gasteiger partial charge in [-0.1, -0.05) is 24.3 Å². The monoisotopic (exact) mass is 320 g/mol. The molecule has 0 spiro atoms. The number of nitrogens with zero attached hydrogens (tertiary/aromatic N) is 1. The van der Waals surface area contributed by atoms with Crippen LogP contribution in [0.5, 0.6) is 0 Å². The molecular weight excluding hydrogens is 309 g/mol. The highest BCUT2D eigenvalue weighted by Gasteiger charge is 2.34. The topological polar surface area (TPSA) is 24.9 Å². The molecule has 2 nitrogen and oxygen atoms in total. The molecule has 1 N–H and O–H groups in total. The highest BCUT2D eigenvalue weighted by molar-refractivity contribution is 8.05. The Morgan fingerprint density at radius 3 is 2.73 bits per heavy atom. The van der Waals surface area contributed by atoms with E-state index in [9.17, 15) is 13.2 Å². The lowest BCUT2D eigenvalue weighted by atomic mass is 9.95. The molecule has 22 heavy (non-hydrogen) atoms. The maximum atomic E-state index is 13.1. The third kappa shape index (κ3) is 2.01. The highest BCUT2D eigenvalue weighted by atomic mass is 32.2. The summed E-state index contributed by atoms with van der Waals surface area (Å²) in [5, 5.41) is 0.130. The number of hydrogen-bond donors (Lipinski definition) is 1. The minimum absolute atomic E-state index is 0.130. The van der Waals surface area contributed by atoms with Crippen LogP contribution in [0.15, 0.2) is 41.5 Å². The summed E-state index contributed by atoms with van der Waals surface area (Å²) in [6.45, 7) is 0. The number of hydrogen-bond acceptors (Lipinski definition) is 3. The predicted molar refractivity (Wildman–Crippen MR) is 83.3 cm³/mol. The summed E-state index contributed by atoms with van der Waals surface area (Å²) >= 11 is 1.44. The van der Waals surface area contributed by atoms with Gasteiger partial charge in [0.25, 0.3) is 0 Å². The van der Waals surface area contributed by atoms with Gasteiger partial charge in [0.05, 0.1) is 16.8 Å². The molecule has 1 aromatic heterocycles. The Morgan fingerprint density at radius 2 is 1.91 bits per heavy atom. The number of aromatic nitrogens is 1. The number of allylic oxidation sites excluding steroid dienone is 3. The molecule has 0 atom stereocenters. The third-order valence-electron chi connectivity index (χ3n) is 3.88. The number of fused-ring (bicyclic) bond motifs is 5. The number of alkyl halides is 3. The Kier molecular flexibility index (Phi) is 2.97. The Morgan fingerprint density at radius 1 is 1.09 bits per heavy atom. The van der Waals surface area contributed by atoms with Crippen molar-refractivity contribution < 1.29 is 13.2 Å². The van der Waals surface area contributed by atoms with E-state index in [1.807, 2.05) is 0 Å². The molecule has 0 bridgehead atoms.